The van der Waals surface area contributed by atoms with Gasteiger partial charge < -0.3 is 9.72 Å². The molecule has 1 aromatic heterocycles. The molecule has 0 saturated heterocycles. The molecule has 2 rings (SSSR count). The van der Waals surface area contributed by atoms with Gasteiger partial charge in [-0.1, -0.05) is 33.8 Å². The predicted molar refractivity (Wildman–Crippen MR) is 109 cm³/mol. The average Bonchev–Trinajstić information content (AvgIpc) is 3.12. The van der Waals surface area contributed by atoms with E-state index in [0.29, 0.717) is 29.0 Å². The van der Waals surface area contributed by atoms with Crippen molar-refractivity contribution < 1.29 is 13.9 Å². The first-order valence-electron chi connectivity index (χ1n) is 8.84. The van der Waals surface area contributed by atoms with Crippen LogP contribution in [0.15, 0.2) is 41.5 Å². The second-order valence-corrected chi connectivity index (χ2v) is 5.49. The van der Waals surface area contributed by atoms with Crippen molar-refractivity contribution in [1.29, 1.82) is 0 Å². The van der Waals surface area contributed by atoms with Gasteiger partial charge in [-0.3, -0.25) is 4.79 Å². The van der Waals surface area contributed by atoms with Gasteiger partial charge in [0.15, 0.2) is 0 Å². The molecule has 1 atom stereocenters. The van der Waals surface area contributed by atoms with E-state index in [0.717, 1.165) is 5.56 Å². The fourth-order valence-electron chi connectivity index (χ4n) is 2.09. The minimum absolute atomic E-state index is 0.309. The molecule has 0 spiro atoms. The van der Waals surface area contributed by atoms with Crippen molar-refractivity contribution >= 4 is 21.9 Å². The zero-order chi connectivity index (χ0) is 20.1. The molecule has 1 unspecified atom stereocenters. The van der Waals surface area contributed by atoms with Crippen molar-refractivity contribution in [2.24, 2.45) is 0 Å². The number of nitrogens with one attached hydrogen (secondary N) is 1. The van der Waals surface area contributed by atoms with Crippen LogP contribution >= 0.6 is 15.9 Å². The quantitative estimate of drug-likeness (QED) is 0.438. The lowest BCUT2D eigenvalue weighted by Crippen LogP contribution is -2.16. The smallest absolute Gasteiger partial charge is 0.316 e. The number of aromatic nitrogens is 2. The average molecular weight is 427 g/mol. The Morgan fingerprint density at radius 1 is 1.38 bits per heavy atom. The first-order valence-corrected chi connectivity index (χ1v) is 9.64. The highest BCUT2D eigenvalue weighted by Crippen LogP contribution is 2.29. The summed E-state index contributed by atoms with van der Waals surface area (Å²) >= 11 is 3.32. The number of carbonyl (C=O) groups excluding carboxylic acids is 1. The number of carbonyl (C=O) groups is 1. The number of benzene rings is 1. The van der Waals surface area contributed by atoms with Crippen LogP contribution in [0, 0.1) is 5.82 Å². The molecular weight excluding hydrogens is 399 g/mol. The molecule has 144 valence electrons. The van der Waals surface area contributed by atoms with E-state index in [1.807, 2.05) is 27.7 Å². The van der Waals surface area contributed by atoms with Crippen molar-refractivity contribution in [2.75, 3.05) is 6.61 Å². The van der Waals surface area contributed by atoms with Gasteiger partial charge in [-0.15, -0.1) is 6.58 Å². The Balaban J connectivity index is 0.00000146. The summed E-state index contributed by atoms with van der Waals surface area (Å²) in [6.07, 6.45) is 3.69. The van der Waals surface area contributed by atoms with Crippen LogP contribution in [-0.4, -0.2) is 22.5 Å². The lowest BCUT2D eigenvalue weighted by atomic mass is 10.1. The Morgan fingerprint density at radius 2 is 2.04 bits per heavy atom. The number of hydrogen-bond acceptors (Lipinski definition) is 3. The van der Waals surface area contributed by atoms with Gasteiger partial charge in [0.25, 0.3) is 0 Å². The van der Waals surface area contributed by atoms with Crippen molar-refractivity contribution in [3.8, 4) is 11.3 Å². The lowest BCUT2D eigenvalue weighted by molar-refractivity contribution is -0.145. The number of H-pyrrole nitrogens is 1. The third-order valence-electron chi connectivity index (χ3n) is 3.12. The van der Waals surface area contributed by atoms with Crippen molar-refractivity contribution in [1.82, 2.24) is 9.97 Å². The number of allylic oxidation sites excluding steroid dienone is 1. The highest BCUT2D eigenvalue weighted by Gasteiger charge is 2.24. The number of hydrogen-bond donors (Lipinski definition) is 1. The molecule has 0 aliphatic heterocycles. The highest BCUT2D eigenvalue weighted by molar-refractivity contribution is 9.10. The normalized spacial score (nSPS) is 10.6. The molecule has 0 bridgehead atoms. The predicted octanol–water partition coefficient (Wildman–Crippen LogP) is 6.25. The molecule has 2 aromatic rings. The minimum atomic E-state index is -0.523. The van der Waals surface area contributed by atoms with Crippen LogP contribution in [-0.2, 0) is 9.53 Å². The molecule has 0 saturated carbocycles. The monoisotopic (exact) mass is 426 g/mol. The van der Waals surface area contributed by atoms with E-state index >= 15 is 0 Å². The first-order chi connectivity index (χ1) is 12.6. The zero-order valence-electron chi connectivity index (χ0n) is 16.1. The van der Waals surface area contributed by atoms with E-state index in [1.54, 1.807) is 25.3 Å². The number of imidazole rings is 1. The summed E-state index contributed by atoms with van der Waals surface area (Å²) in [6.45, 7) is 13.7. The van der Waals surface area contributed by atoms with Gasteiger partial charge in [-0.25, -0.2) is 9.37 Å². The standard InChI is InChI=1S/C16H16BrFN2O2.2C2H6/c1-3-5-12(16(21)22-4-2)15-19-9-14(20-15)11-7-6-10(18)8-13(11)17;2*1-2/h3,6-9,12H,1,4-5H2,2H3,(H,19,20);2*1-2H3. The molecule has 26 heavy (non-hydrogen) atoms. The number of halogens is 2. The summed E-state index contributed by atoms with van der Waals surface area (Å²) < 4.78 is 18.8. The Hall–Kier alpha value is -1.95. The lowest BCUT2D eigenvalue weighted by Gasteiger charge is -2.11. The largest absolute Gasteiger partial charge is 0.465 e. The van der Waals surface area contributed by atoms with Crippen LogP contribution in [0.2, 0.25) is 0 Å². The molecule has 4 nitrogen and oxygen atoms in total. The summed E-state index contributed by atoms with van der Waals surface area (Å²) in [7, 11) is 0. The summed E-state index contributed by atoms with van der Waals surface area (Å²) in [5.74, 6) is -0.692. The Bertz CT molecular complexity index is 686. The maximum Gasteiger partial charge on any atom is 0.316 e. The van der Waals surface area contributed by atoms with Crippen molar-refractivity contribution in [2.45, 2.75) is 47.0 Å². The maximum atomic E-state index is 13.2. The fourth-order valence-corrected chi connectivity index (χ4v) is 2.65. The summed E-state index contributed by atoms with van der Waals surface area (Å²) in [5.41, 5.74) is 1.46. The van der Waals surface area contributed by atoms with E-state index in [4.69, 9.17) is 4.74 Å². The third kappa shape index (κ3) is 6.75. The number of aromatic amines is 1. The number of nitrogens with zero attached hydrogens (tertiary/aromatic N) is 1. The van der Waals surface area contributed by atoms with E-state index in [9.17, 15) is 9.18 Å². The highest BCUT2D eigenvalue weighted by atomic mass is 79.9. The number of esters is 1. The van der Waals surface area contributed by atoms with Gasteiger partial charge in [0, 0.05) is 10.0 Å². The molecule has 0 amide bonds. The SMILES string of the molecule is C=CCC(C(=O)OCC)c1ncc(-c2ccc(F)cc2Br)[nH]1.CC.CC. The van der Waals surface area contributed by atoms with E-state index in [-0.39, 0.29) is 11.8 Å². The molecule has 6 heteroatoms. The van der Waals surface area contributed by atoms with E-state index < -0.39 is 5.92 Å². The molecular formula is C20H28BrFN2O2. The summed E-state index contributed by atoms with van der Waals surface area (Å²) in [4.78, 5) is 19.4. The minimum Gasteiger partial charge on any atom is -0.465 e. The van der Waals surface area contributed by atoms with E-state index in [1.165, 1.54) is 12.1 Å². The van der Waals surface area contributed by atoms with Gasteiger partial charge in [0.05, 0.1) is 18.5 Å². The summed E-state index contributed by atoms with van der Waals surface area (Å²) in [6, 6.07) is 4.39. The van der Waals surface area contributed by atoms with Crippen LogP contribution in [0.4, 0.5) is 4.39 Å². The molecule has 1 heterocycles. The molecule has 0 aliphatic carbocycles. The fraction of sp³-hybridized carbons (Fsp3) is 0.400. The Morgan fingerprint density at radius 3 is 2.58 bits per heavy atom. The summed E-state index contributed by atoms with van der Waals surface area (Å²) in [5, 5.41) is 0. The second kappa shape index (κ2) is 13.3. The van der Waals surface area contributed by atoms with Crippen LogP contribution in [0.25, 0.3) is 11.3 Å². The van der Waals surface area contributed by atoms with Crippen molar-refractivity contribution in [3.63, 3.8) is 0 Å². The molecule has 1 N–H and O–H groups in total. The van der Waals surface area contributed by atoms with Gasteiger partial charge in [0.2, 0.25) is 0 Å². The Kier molecular flexibility index (Phi) is 12.3. The van der Waals surface area contributed by atoms with Gasteiger partial charge in [0.1, 0.15) is 17.6 Å². The van der Waals surface area contributed by atoms with Crippen molar-refractivity contribution in [3.05, 3.63) is 53.2 Å². The van der Waals surface area contributed by atoms with Gasteiger partial charge in [-0.2, -0.15) is 0 Å². The molecule has 1 aromatic carbocycles. The number of rotatable bonds is 6. The van der Waals surface area contributed by atoms with E-state index in [2.05, 4.69) is 32.5 Å². The van der Waals surface area contributed by atoms with Crippen LogP contribution < -0.4 is 0 Å². The van der Waals surface area contributed by atoms with Gasteiger partial charge >= 0.3 is 5.97 Å². The van der Waals surface area contributed by atoms with Crippen LogP contribution in [0.3, 0.4) is 0 Å². The first kappa shape index (κ1) is 24.1. The second-order valence-electron chi connectivity index (χ2n) is 4.64. The van der Waals surface area contributed by atoms with Crippen LogP contribution in [0.5, 0.6) is 0 Å². The third-order valence-corrected chi connectivity index (χ3v) is 3.78. The molecule has 0 radical (unpaired) electrons. The number of ether oxygens (including phenoxy) is 1. The Labute approximate surface area is 164 Å². The van der Waals surface area contributed by atoms with Crippen LogP contribution in [0.1, 0.15) is 52.8 Å². The molecule has 0 fully saturated rings. The van der Waals surface area contributed by atoms with Gasteiger partial charge in [-0.05, 0) is 47.5 Å². The molecule has 0 aliphatic rings. The topological polar surface area (TPSA) is 55.0 Å². The zero-order valence-corrected chi connectivity index (χ0v) is 17.7. The maximum absolute atomic E-state index is 13.2.